The number of carbonyl (C=O) groups excluding carboxylic acids is 2. The number of ether oxygens (including phenoxy) is 2. The Labute approximate surface area is 368 Å². The van der Waals surface area contributed by atoms with Crippen LogP contribution in [0.3, 0.4) is 0 Å². The number of likely N-dealkylation sites (N-methyl/N-ethyl adjacent to an activating group) is 1. The Balaban J connectivity index is 4.17. The van der Waals surface area contributed by atoms with E-state index in [2.05, 4.69) is 79.9 Å². The minimum atomic E-state index is -4.36. The number of carbonyl (C=O) groups is 2. The third-order valence-electron chi connectivity index (χ3n) is 10.1. The molecule has 0 bridgehead atoms. The van der Waals surface area contributed by atoms with Crippen molar-refractivity contribution in [2.45, 2.75) is 213 Å². The molecular formula is C50H90NO8P. The van der Waals surface area contributed by atoms with E-state index >= 15 is 0 Å². The topological polar surface area (TPSA) is 120 Å². The number of hydrogen-bond donors (Lipinski definition) is 2. The zero-order valence-corrected chi connectivity index (χ0v) is 39.5. The largest absolute Gasteiger partial charge is 0.472 e. The van der Waals surface area contributed by atoms with Crippen LogP contribution in [0.1, 0.15) is 206 Å². The van der Waals surface area contributed by atoms with Crippen LogP contribution in [0.15, 0.2) is 60.8 Å². The fourth-order valence-corrected chi connectivity index (χ4v) is 7.23. The number of unbranched alkanes of at least 4 members (excludes halogenated alkanes) is 21. The van der Waals surface area contributed by atoms with E-state index in [0.717, 1.165) is 70.6 Å². The maximum absolute atomic E-state index is 12.7. The number of hydrogen-bond acceptors (Lipinski definition) is 8. The molecule has 0 saturated heterocycles. The van der Waals surface area contributed by atoms with Crippen molar-refractivity contribution in [3.63, 3.8) is 0 Å². The van der Waals surface area contributed by atoms with Crippen LogP contribution in [-0.2, 0) is 32.7 Å². The maximum atomic E-state index is 12.7. The molecule has 0 heterocycles. The van der Waals surface area contributed by atoms with E-state index in [1.54, 1.807) is 7.05 Å². The van der Waals surface area contributed by atoms with E-state index in [9.17, 15) is 19.0 Å². The molecule has 0 rings (SSSR count). The minimum absolute atomic E-state index is 0.0241. The number of rotatable bonds is 45. The molecule has 2 atom stereocenters. The second-order valence-corrected chi connectivity index (χ2v) is 17.4. The van der Waals surface area contributed by atoms with E-state index in [1.807, 2.05) is 0 Å². The average molecular weight is 864 g/mol. The molecule has 10 heteroatoms. The van der Waals surface area contributed by atoms with Crippen molar-refractivity contribution < 1.29 is 37.6 Å². The third-order valence-corrected chi connectivity index (χ3v) is 11.1. The van der Waals surface area contributed by atoms with Crippen molar-refractivity contribution in [2.75, 3.05) is 33.4 Å². The Morgan fingerprint density at radius 3 is 1.43 bits per heavy atom. The van der Waals surface area contributed by atoms with Gasteiger partial charge < -0.3 is 19.7 Å². The van der Waals surface area contributed by atoms with Crippen LogP contribution in [0.5, 0.6) is 0 Å². The van der Waals surface area contributed by atoms with Crippen molar-refractivity contribution in [1.29, 1.82) is 0 Å². The summed E-state index contributed by atoms with van der Waals surface area (Å²) in [5.41, 5.74) is 0. The molecule has 9 nitrogen and oxygen atoms in total. The highest BCUT2D eigenvalue weighted by atomic mass is 31.2. The molecule has 60 heavy (non-hydrogen) atoms. The smallest absolute Gasteiger partial charge is 0.462 e. The molecule has 2 N–H and O–H groups in total. The van der Waals surface area contributed by atoms with Crippen molar-refractivity contribution in [2.24, 2.45) is 0 Å². The van der Waals surface area contributed by atoms with E-state index in [0.29, 0.717) is 13.0 Å². The van der Waals surface area contributed by atoms with Crippen molar-refractivity contribution in [3.05, 3.63) is 60.8 Å². The lowest BCUT2D eigenvalue weighted by Gasteiger charge is -2.20. The quantitative estimate of drug-likeness (QED) is 0.0267. The fraction of sp³-hybridized carbons (Fsp3) is 0.760. The predicted octanol–water partition coefficient (Wildman–Crippen LogP) is 14.3. The van der Waals surface area contributed by atoms with Crippen LogP contribution < -0.4 is 5.32 Å². The summed E-state index contributed by atoms with van der Waals surface area (Å²) in [5.74, 6) is -0.834. The Bertz CT molecular complexity index is 1170. The van der Waals surface area contributed by atoms with E-state index < -0.39 is 26.5 Å². The highest BCUT2D eigenvalue weighted by molar-refractivity contribution is 7.47. The molecule has 0 radical (unpaired) electrons. The first-order valence-corrected chi connectivity index (χ1v) is 25.7. The van der Waals surface area contributed by atoms with Gasteiger partial charge in [-0.15, -0.1) is 0 Å². The summed E-state index contributed by atoms with van der Waals surface area (Å²) in [6, 6.07) is 0. The van der Waals surface area contributed by atoms with Gasteiger partial charge in [0.15, 0.2) is 6.10 Å². The highest BCUT2D eigenvalue weighted by Gasteiger charge is 2.26. The van der Waals surface area contributed by atoms with Crippen LogP contribution in [0.2, 0.25) is 0 Å². The van der Waals surface area contributed by atoms with Gasteiger partial charge in [0, 0.05) is 19.4 Å². The average Bonchev–Trinajstić information content (AvgIpc) is 3.23. The summed E-state index contributed by atoms with van der Waals surface area (Å²) in [4.78, 5) is 35.2. The number of esters is 2. The molecule has 0 aromatic carbocycles. The molecule has 0 fully saturated rings. The Hall–Kier alpha value is -2.29. The third kappa shape index (κ3) is 45.2. The summed E-state index contributed by atoms with van der Waals surface area (Å²) in [7, 11) is -2.66. The van der Waals surface area contributed by atoms with Gasteiger partial charge in [0.2, 0.25) is 0 Å². The van der Waals surface area contributed by atoms with Crippen LogP contribution >= 0.6 is 7.82 Å². The minimum Gasteiger partial charge on any atom is -0.462 e. The molecule has 0 aromatic rings. The molecule has 2 unspecified atom stereocenters. The second-order valence-electron chi connectivity index (χ2n) is 15.9. The summed E-state index contributed by atoms with van der Waals surface area (Å²) in [5, 5.41) is 2.82. The monoisotopic (exact) mass is 864 g/mol. The van der Waals surface area contributed by atoms with Gasteiger partial charge in [-0.2, -0.15) is 0 Å². The highest BCUT2D eigenvalue weighted by Crippen LogP contribution is 2.43. The van der Waals surface area contributed by atoms with Crippen LogP contribution in [0.4, 0.5) is 0 Å². The summed E-state index contributed by atoms with van der Waals surface area (Å²) < 4.78 is 33.3. The normalized spacial score (nSPS) is 13.7. The van der Waals surface area contributed by atoms with Crippen molar-refractivity contribution in [1.82, 2.24) is 5.32 Å². The Kier molecular flexibility index (Phi) is 44.5. The standard InChI is InChI=1S/C50H90NO8P/c1-4-6-8-10-12-14-16-18-20-22-23-24-25-27-28-30-32-34-36-38-40-42-49(52)56-46-48(47-58-60(54,55)57-45-44-51-3)59-50(53)43-41-39-37-35-33-31-29-26-21-19-17-15-13-11-9-7-5-2/h7,9,13,15,18-21,29,31,48,51H,4-6,8,10-12,14,16-17,22-28,30,32-47H2,1-3H3,(H,54,55)/b9-7-,15-13-,20-18-,21-19-,31-29-. The van der Waals surface area contributed by atoms with E-state index in [1.165, 1.54) is 103 Å². The second kappa shape index (κ2) is 46.2. The first-order valence-electron chi connectivity index (χ1n) is 24.2. The van der Waals surface area contributed by atoms with Gasteiger partial charge in [0.1, 0.15) is 6.61 Å². The van der Waals surface area contributed by atoms with Crippen molar-refractivity contribution in [3.8, 4) is 0 Å². The number of phosphoric acid groups is 1. The van der Waals surface area contributed by atoms with Crippen LogP contribution in [0, 0.1) is 0 Å². The van der Waals surface area contributed by atoms with Gasteiger partial charge in [-0.05, 0) is 84.1 Å². The molecule has 0 amide bonds. The van der Waals surface area contributed by atoms with Crippen LogP contribution in [-0.4, -0.2) is 56.3 Å². The summed E-state index contributed by atoms with van der Waals surface area (Å²) >= 11 is 0. The zero-order valence-electron chi connectivity index (χ0n) is 38.6. The number of allylic oxidation sites excluding steroid dienone is 10. The SMILES string of the molecule is CC/C=C\C/C=C\C/C=C\C/C=C\CCCCCCC(=O)OC(COC(=O)CCCCCCCCCCCCC/C=C\CCCCCCCC)COP(=O)(O)OCCNC. The van der Waals surface area contributed by atoms with Crippen molar-refractivity contribution >= 4 is 19.8 Å². The van der Waals surface area contributed by atoms with E-state index in [4.69, 9.17) is 18.5 Å². The van der Waals surface area contributed by atoms with Gasteiger partial charge in [0.25, 0.3) is 0 Å². The van der Waals surface area contributed by atoms with Gasteiger partial charge in [0.05, 0.1) is 13.2 Å². The molecule has 0 saturated carbocycles. The first-order chi connectivity index (χ1) is 29.3. The number of phosphoric ester groups is 1. The van der Waals surface area contributed by atoms with Crippen LogP contribution in [0.25, 0.3) is 0 Å². The molecule has 0 aliphatic carbocycles. The number of nitrogens with one attached hydrogen (secondary N) is 1. The fourth-order valence-electron chi connectivity index (χ4n) is 6.48. The van der Waals surface area contributed by atoms with Gasteiger partial charge in [-0.25, -0.2) is 4.57 Å². The summed E-state index contributed by atoms with van der Waals surface area (Å²) in [6.45, 7) is 4.09. The Morgan fingerprint density at radius 2 is 0.950 bits per heavy atom. The molecule has 0 aliphatic heterocycles. The molecule has 348 valence electrons. The molecule has 0 aromatic heterocycles. The van der Waals surface area contributed by atoms with Gasteiger partial charge in [-0.1, -0.05) is 177 Å². The predicted molar refractivity (Wildman–Crippen MR) is 252 cm³/mol. The van der Waals surface area contributed by atoms with Gasteiger partial charge >= 0.3 is 19.8 Å². The lowest BCUT2D eigenvalue weighted by Crippen LogP contribution is -2.29. The summed E-state index contributed by atoms with van der Waals surface area (Å²) in [6.07, 6.45) is 54.1. The molecular weight excluding hydrogens is 774 g/mol. The Morgan fingerprint density at radius 1 is 0.533 bits per heavy atom. The van der Waals surface area contributed by atoms with Gasteiger partial charge in [-0.3, -0.25) is 18.6 Å². The molecule has 0 spiro atoms. The van der Waals surface area contributed by atoms with E-state index in [-0.39, 0.29) is 32.0 Å². The lowest BCUT2D eigenvalue weighted by atomic mass is 10.0. The maximum Gasteiger partial charge on any atom is 0.472 e. The lowest BCUT2D eigenvalue weighted by molar-refractivity contribution is -0.161. The molecule has 0 aliphatic rings. The first kappa shape index (κ1) is 57.7. The zero-order chi connectivity index (χ0) is 43.9.